The van der Waals surface area contributed by atoms with Crippen molar-refractivity contribution >= 4 is 17.4 Å². The third-order valence-corrected chi connectivity index (χ3v) is 3.99. The maximum Gasteiger partial charge on any atom is 0.275 e. The van der Waals surface area contributed by atoms with Crippen molar-refractivity contribution in [1.82, 2.24) is 9.97 Å². The zero-order valence-electron chi connectivity index (χ0n) is 14.8. The Morgan fingerprint density at radius 3 is 2.42 bits per heavy atom. The van der Waals surface area contributed by atoms with E-state index in [1.807, 2.05) is 37.3 Å². The van der Waals surface area contributed by atoms with Crippen LogP contribution in [0.3, 0.4) is 0 Å². The second-order valence-corrected chi connectivity index (χ2v) is 6.12. The monoisotopic (exact) mass is 346 g/mol. The number of carbonyl (C=O) groups is 1. The van der Waals surface area contributed by atoms with Gasteiger partial charge in [0.15, 0.2) is 0 Å². The number of benzene rings is 2. The summed E-state index contributed by atoms with van der Waals surface area (Å²) < 4.78 is 0. The molecule has 2 aromatic carbocycles. The second-order valence-electron chi connectivity index (χ2n) is 6.12. The van der Waals surface area contributed by atoms with Crippen molar-refractivity contribution < 1.29 is 4.79 Å². The molecule has 0 bridgehead atoms. The van der Waals surface area contributed by atoms with Gasteiger partial charge < -0.3 is 10.6 Å². The molecule has 2 N–H and O–H groups in total. The second kappa shape index (κ2) is 8.76. The molecule has 0 fully saturated rings. The summed E-state index contributed by atoms with van der Waals surface area (Å²) in [6.07, 6.45) is 5.09. The van der Waals surface area contributed by atoms with Crippen LogP contribution in [0.25, 0.3) is 0 Å². The number of nitrogens with one attached hydrogen (secondary N) is 2. The van der Waals surface area contributed by atoms with Crippen LogP contribution in [0, 0.1) is 6.92 Å². The van der Waals surface area contributed by atoms with Crippen LogP contribution in [-0.2, 0) is 6.42 Å². The molecule has 0 unspecified atom stereocenters. The average molecular weight is 346 g/mol. The fourth-order valence-electron chi connectivity index (χ4n) is 2.52. The summed E-state index contributed by atoms with van der Waals surface area (Å²) in [6, 6.07) is 18.0. The Labute approximate surface area is 153 Å². The van der Waals surface area contributed by atoms with E-state index in [2.05, 4.69) is 44.9 Å². The molecule has 0 saturated carbocycles. The highest BCUT2D eigenvalue weighted by Gasteiger charge is 2.08. The van der Waals surface area contributed by atoms with Gasteiger partial charge in [-0.15, -0.1) is 0 Å². The van der Waals surface area contributed by atoms with Crippen LogP contribution in [0.15, 0.2) is 67.0 Å². The highest BCUT2D eigenvalue weighted by Crippen LogP contribution is 2.10. The molecule has 5 heteroatoms. The van der Waals surface area contributed by atoms with Crippen LogP contribution in [0.2, 0.25) is 0 Å². The number of amides is 1. The van der Waals surface area contributed by atoms with Gasteiger partial charge >= 0.3 is 0 Å². The van der Waals surface area contributed by atoms with E-state index in [1.165, 1.54) is 11.8 Å². The lowest BCUT2D eigenvalue weighted by Gasteiger charge is -2.07. The Morgan fingerprint density at radius 1 is 0.962 bits per heavy atom. The number of nitrogens with zero attached hydrogens (tertiary/aromatic N) is 2. The predicted molar refractivity (Wildman–Crippen MR) is 104 cm³/mol. The van der Waals surface area contributed by atoms with E-state index < -0.39 is 0 Å². The van der Waals surface area contributed by atoms with E-state index in [-0.39, 0.29) is 5.91 Å². The van der Waals surface area contributed by atoms with E-state index in [0.717, 1.165) is 30.6 Å². The van der Waals surface area contributed by atoms with E-state index in [0.29, 0.717) is 11.5 Å². The number of carbonyl (C=O) groups excluding carboxylic acids is 1. The molecule has 1 amide bonds. The summed E-state index contributed by atoms with van der Waals surface area (Å²) in [5, 5.41) is 6.05. The molecule has 26 heavy (non-hydrogen) atoms. The molecule has 0 aliphatic rings. The fraction of sp³-hybridized carbons (Fsp3) is 0.190. The van der Waals surface area contributed by atoms with Crippen LogP contribution in [0.5, 0.6) is 0 Å². The molecule has 3 aromatic rings. The van der Waals surface area contributed by atoms with Gasteiger partial charge in [0.05, 0.1) is 12.4 Å². The van der Waals surface area contributed by atoms with Gasteiger partial charge in [-0.1, -0.05) is 48.0 Å². The largest absolute Gasteiger partial charge is 0.369 e. The van der Waals surface area contributed by atoms with Gasteiger partial charge in [0.1, 0.15) is 11.5 Å². The summed E-state index contributed by atoms with van der Waals surface area (Å²) >= 11 is 0. The summed E-state index contributed by atoms with van der Waals surface area (Å²) in [6.45, 7) is 2.81. The van der Waals surface area contributed by atoms with Crippen LogP contribution < -0.4 is 10.6 Å². The maximum absolute atomic E-state index is 12.2. The molecule has 5 nitrogen and oxygen atoms in total. The molecule has 0 aliphatic carbocycles. The SMILES string of the molecule is Cc1ccc(NC(=O)c2cnc(NCCCc3ccccc3)cn2)cc1. The zero-order chi connectivity index (χ0) is 18.2. The van der Waals surface area contributed by atoms with Crippen LogP contribution in [0.4, 0.5) is 11.5 Å². The molecule has 0 saturated heterocycles. The van der Waals surface area contributed by atoms with Crippen molar-refractivity contribution in [2.24, 2.45) is 0 Å². The maximum atomic E-state index is 12.2. The molecule has 132 valence electrons. The summed E-state index contributed by atoms with van der Waals surface area (Å²) in [4.78, 5) is 20.7. The molecule has 0 atom stereocenters. The Kier molecular flexibility index (Phi) is 5.93. The first-order valence-electron chi connectivity index (χ1n) is 8.68. The topological polar surface area (TPSA) is 66.9 Å². The molecular formula is C21H22N4O. The van der Waals surface area contributed by atoms with Crippen molar-refractivity contribution in [2.75, 3.05) is 17.2 Å². The van der Waals surface area contributed by atoms with Gasteiger partial charge in [-0.05, 0) is 37.5 Å². The van der Waals surface area contributed by atoms with Crippen molar-refractivity contribution in [3.05, 3.63) is 83.8 Å². The number of hydrogen-bond acceptors (Lipinski definition) is 4. The van der Waals surface area contributed by atoms with Gasteiger partial charge in [0.2, 0.25) is 0 Å². The smallest absolute Gasteiger partial charge is 0.275 e. The lowest BCUT2D eigenvalue weighted by molar-refractivity contribution is 0.102. The van der Waals surface area contributed by atoms with Gasteiger partial charge in [-0.3, -0.25) is 4.79 Å². The van der Waals surface area contributed by atoms with E-state index >= 15 is 0 Å². The van der Waals surface area contributed by atoms with Gasteiger partial charge in [0.25, 0.3) is 5.91 Å². The summed E-state index contributed by atoms with van der Waals surface area (Å²) in [7, 11) is 0. The number of rotatable bonds is 7. The van der Waals surface area contributed by atoms with Crippen molar-refractivity contribution in [1.29, 1.82) is 0 Å². The van der Waals surface area contributed by atoms with Gasteiger partial charge in [-0.25, -0.2) is 9.97 Å². The Balaban J connectivity index is 1.46. The highest BCUT2D eigenvalue weighted by atomic mass is 16.1. The molecule has 0 radical (unpaired) electrons. The standard InChI is InChI=1S/C21H22N4O/c1-16-9-11-18(12-10-16)25-21(26)19-14-24-20(15-23-19)22-13-5-8-17-6-3-2-4-7-17/h2-4,6-7,9-12,14-15H,5,8,13H2,1H3,(H,22,24)(H,25,26). The first-order chi connectivity index (χ1) is 12.7. The minimum absolute atomic E-state index is 0.267. The lowest BCUT2D eigenvalue weighted by Crippen LogP contribution is -2.14. The summed E-state index contributed by atoms with van der Waals surface area (Å²) in [5.41, 5.74) is 3.50. The van der Waals surface area contributed by atoms with E-state index in [9.17, 15) is 4.79 Å². The quantitative estimate of drug-likeness (QED) is 0.633. The molecule has 0 spiro atoms. The zero-order valence-corrected chi connectivity index (χ0v) is 14.8. The van der Waals surface area contributed by atoms with Crippen molar-refractivity contribution in [2.45, 2.75) is 19.8 Å². The van der Waals surface area contributed by atoms with Gasteiger partial charge in [-0.2, -0.15) is 0 Å². The van der Waals surface area contributed by atoms with Crippen LogP contribution in [-0.4, -0.2) is 22.4 Å². The average Bonchev–Trinajstić information content (AvgIpc) is 2.68. The Bertz CT molecular complexity index is 830. The first kappa shape index (κ1) is 17.6. The molecular weight excluding hydrogens is 324 g/mol. The normalized spacial score (nSPS) is 10.3. The minimum Gasteiger partial charge on any atom is -0.369 e. The Hall–Kier alpha value is -3.21. The third kappa shape index (κ3) is 5.14. The van der Waals surface area contributed by atoms with Crippen molar-refractivity contribution in [3.63, 3.8) is 0 Å². The number of aryl methyl sites for hydroxylation is 2. The van der Waals surface area contributed by atoms with E-state index in [4.69, 9.17) is 0 Å². The fourth-order valence-corrected chi connectivity index (χ4v) is 2.52. The Morgan fingerprint density at radius 2 is 1.73 bits per heavy atom. The molecule has 1 heterocycles. The minimum atomic E-state index is -0.267. The number of hydrogen-bond donors (Lipinski definition) is 2. The third-order valence-electron chi connectivity index (χ3n) is 3.99. The summed E-state index contributed by atoms with van der Waals surface area (Å²) in [5.74, 6) is 0.405. The van der Waals surface area contributed by atoms with Gasteiger partial charge in [0, 0.05) is 12.2 Å². The van der Waals surface area contributed by atoms with Crippen LogP contribution >= 0.6 is 0 Å². The molecule has 1 aromatic heterocycles. The first-order valence-corrected chi connectivity index (χ1v) is 8.68. The van der Waals surface area contributed by atoms with E-state index in [1.54, 1.807) is 6.20 Å². The molecule has 3 rings (SSSR count). The van der Waals surface area contributed by atoms with Crippen molar-refractivity contribution in [3.8, 4) is 0 Å². The number of aromatic nitrogens is 2. The molecule has 0 aliphatic heterocycles. The predicted octanol–water partition coefficient (Wildman–Crippen LogP) is 4.08. The van der Waals surface area contributed by atoms with Crippen LogP contribution in [0.1, 0.15) is 28.0 Å². The highest BCUT2D eigenvalue weighted by molar-refractivity contribution is 6.02. The number of anilines is 2. The lowest BCUT2D eigenvalue weighted by atomic mass is 10.1.